The number of benzene rings is 2. The minimum atomic E-state index is -0.181. The van der Waals surface area contributed by atoms with Crippen molar-refractivity contribution in [2.24, 2.45) is 11.0 Å². The summed E-state index contributed by atoms with van der Waals surface area (Å²) in [7, 11) is 1.73. The summed E-state index contributed by atoms with van der Waals surface area (Å²) in [6, 6.07) is 14.4. The van der Waals surface area contributed by atoms with Crippen LogP contribution in [0.4, 0.5) is 10.5 Å². The van der Waals surface area contributed by atoms with E-state index >= 15 is 0 Å². The van der Waals surface area contributed by atoms with E-state index < -0.39 is 0 Å². The molecule has 2 aromatic rings. The molecule has 4 rings (SSSR count). The number of hydrogen-bond donors (Lipinski definition) is 1. The lowest BCUT2D eigenvalue weighted by Crippen LogP contribution is -2.26. The number of carbonyl (C=O) groups is 1. The Labute approximate surface area is 167 Å². The Kier molecular flexibility index (Phi) is 5.29. The number of rotatable bonds is 3. The molecule has 0 spiro atoms. The van der Waals surface area contributed by atoms with E-state index in [1.807, 2.05) is 18.2 Å². The number of carbonyl (C=O) groups excluding carboxylic acids is 1. The van der Waals surface area contributed by atoms with Crippen molar-refractivity contribution in [2.45, 2.75) is 39.0 Å². The monoisotopic (exact) mass is 373 g/mol. The lowest BCUT2D eigenvalue weighted by atomic mass is 9.82. The summed E-state index contributed by atoms with van der Waals surface area (Å²) < 4.78 is 0. The molecule has 28 heavy (non-hydrogen) atoms. The van der Waals surface area contributed by atoms with Gasteiger partial charge in [0.05, 0.1) is 11.4 Å². The zero-order chi connectivity index (χ0) is 19.5. The Hall–Kier alpha value is -2.88. The topological polar surface area (TPSA) is 44.7 Å². The quantitative estimate of drug-likeness (QED) is 0.666. The summed E-state index contributed by atoms with van der Waals surface area (Å²) >= 11 is 0. The van der Waals surface area contributed by atoms with Crippen LogP contribution in [0.25, 0.3) is 12.2 Å². The minimum Gasteiger partial charge on any atom is -0.306 e. The maximum atomic E-state index is 12.4. The number of hydrazone groups is 1. The van der Waals surface area contributed by atoms with Crippen molar-refractivity contribution in [1.29, 1.82) is 0 Å². The van der Waals surface area contributed by atoms with Crippen LogP contribution >= 0.6 is 0 Å². The van der Waals surface area contributed by atoms with Crippen LogP contribution in [0.2, 0.25) is 0 Å². The van der Waals surface area contributed by atoms with E-state index in [2.05, 4.69) is 48.7 Å². The number of anilines is 1. The molecule has 0 bridgehead atoms. The number of fused-ring (bicyclic) bond motifs is 1. The maximum Gasteiger partial charge on any atom is 0.342 e. The van der Waals surface area contributed by atoms with Gasteiger partial charge in [-0.2, -0.15) is 5.10 Å². The van der Waals surface area contributed by atoms with E-state index in [4.69, 9.17) is 5.10 Å². The van der Waals surface area contributed by atoms with Gasteiger partial charge in [0, 0.05) is 18.5 Å². The van der Waals surface area contributed by atoms with Crippen molar-refractivity contribution in [3.63, 3.8) is 0 Å². The van der Waals surface area contributed by atoms with Gasteiger partial charge in [-0.25, -0.2) is 9.80 Å². The van der Waals surface area contributed by atoms with Crippen LogP contribution in [0, 0.1) is 12.8 Å². The number of hydrogen-bond acceptors (Lipinski definition) is 2. The van der Waals surface area contributed by atoms with Crippen molar-refractivity contribution >= 4 is 29.6 Å². The first-order chi connectivity index (χ1) is 13.6. The smallest absolute Gasteiger partial charge is 0.306 e. The Morgan fingerprint density at radius 2 is 1.82 bits per heavy atom. The summed E-state index contributed by atoms with van der Waals surface area (Å²) in [6.45, 7) is 2.09. The molecule has 144 valence electrons. The van der Waals surface area contributed by atoms with E-state index in [1.165, 1.54) is 29.8 Å². The van der Waals surface area contributed by atoms with Gasteiger partial charge < -0.3 is 5.32 Å². The molecule has 0 saturated heterocycles. The minimum absolute atomic E-state index is 0.181. The van der Waals surface area contributed by atoms with Gasteiger partial charge in [-0.3, -0.25) is 0 Å². The van der Waals surface area contributed by atoms with Gasteiger partial charge in [0.1, 0.15) is 0 Å². The summed E-state index contributed by atoms with van der Waals surface area (Å²) in [5.74, 6) is 0.413. The average Bonchev–Trinajstić information content (AvgIpc) is 2.84. The molecule has 0 aromatic heterocycles. The highest BCUT2D eigenvalue weighted by Gasteiger charge is 2.27. The molecule has 4 heteroatoms. The van der Waals surface area contributed by atoms with Crippen molar-refractivity contribution in [2.75, 3.05) is 12.4 Å². The number of aryl methyl sites for hydroxylation is 1. The summed E-state index contributed by atoms with van der Waals surface area (Å²) in [4.78, 5) is 12.4. The molecule has 0 atom stereocenters. The highest BCUT2D eigenvalue weighted by Crippen LogP contribution is 2.33. The lowest BCUT2D eigenvalue weighted by molar-refractivity contribution is 0.224. The standard InChI is InChI=1S/C24H27N3O/c1-17-15-22-21(16-20(17)14-13-18-9-5-3-6-10-18)23(19-11-7-4-8-12-19)26-27(2)24(28)25-22/h3,5-6,9-10,13-16,19H,4,7-8,11-12H2,1-2H3,(H,25,28)/b14-13+. The van der Waals surface area contributed by atoms with Gasteiger partial charge in [0.25, 0.3) is 0 Å². The molecule has 1 aliphatic carbocycles. The summed E-state index contributed by atoms with van der Waals surface area (Å²) in [5.41, 5.74) is 6.44. The Morgan fingerprint density at radius 1 is 1.07 bits per heavy atom. The predicted octanol–water partition coefficient (Wildman–Crippen LogP) is 5.93. The lowest BCUT2D eigenvalue weighted by Gasteiger charge is -2.24. The van der Waals surface area contributed by atoms with Crippen LogP contribution in [0.15, 0.2) is 47.6 Å². The summed E-state index contributed by atoms with van der Waals surface area (Å²) in [5, 5.41) is 9.20. The fourth-order valence-corrected chi connectivity index (χ4v) is 4.10. The van der Waals surface area contributed by atoms with E-state index in [9.17, 15) is 4.79 Å². The van der Waals surface area contributed by atoms with E-state index in [-0.39, 0.29) is 6.03 Å². The van der Waals surface area contributed by atoms with Crippen LogP contribution in [0.1, 0.15) is 54.4 Å². The van der Waals surface area contributed by atoms with Crippen LogP contribution in [0.5, 0.6) is 0 Å². The third kappa shape index (κ3) is 3.86. The maximum absolute atomic E-state index is 12.4. The van der Waals surface area contributed by atoms with Gasteiger partial charge in [-0.15, -0.1) is 0 Å². The second-order valence-corrected chi connectivity index (χ2v) is 7.77. The number of nitrogens with one attached hydrogen (secondary N) is 1. The zero-order valence-corrected chi connectivity index (χ0v) is 16.6. The third-order valence-electron chi connectivity index (χ3n) is 5.72. The van der Waals surface area contributed by atoms with E-state index in [0.717, 1.165) is 40.9 Å². The molecule has 1 aliphatic heterocycles. The largest absolute Gasteiger partial charge is 0.342 e. The van der Waals surface area contributed by atoms with Gasteiger partial charge in [0.15, 0.2) is 0 Å². The molecule has 1 N–H and O–H groups in total. The average molecular weight is 374 g/mol. The van der Waals surface area contributed by atoms with Gasteiger partial charge in [0.2, 0.25) is 0 Å². The summed E-state index contributed by atoms with van der Waals surface area (Å²) in [6.07, 6.45) is 10.3. The number of urea groups is 1. The Bertz CT molecular complexity index is 924. The second kappa shape index (κ2) is 8.01. The zero-order valence-electron chi connectivity index (χ0n) is 16.6. The Morgan fingerprint density at radius 3 is 2.57 bits per heavy atom. The van der Waals surface area contributed by atoms with Gasteiger partial charge in [-0.05, 0) is 48.6 Å². The molecule has 0 radical (unpaired) electrons. The third-order valence-corrected chi connectivity index (χ3v) is 5.72. The first kappa shape index (κ1) is 18.5. The fourth-order valence-electron chi connectivity index (χ4n) is 4.10. The van der Waals surface area contributed by atoms with Crippen LogP contribution < -0.4 is 5.32 Å². The SMILES string of the molecule is Cc1cc2c(cc1/C=C/c1ccccc1)C(C1CCCCC1)=NN(C)C(=O)N2. The number of nitrogens with zero attached hydrogens (tertiary/aromatic N) is 2. The highest BCUT2D eigenvalue weighted by molar-refractivity contribution is 6.11. The van der Waals surface area contributed by atoms with Crippen LogP contribution in [0.3, 0.4) is 0 Å². The molecular weight excluding hydrogens is 346 g/mol. The van der Waals surface area contributed by atoms with Gasteiger partial charge >= 0.3 is 6.03 Å². The molecule has 0 unspecified atom stereocenters. The fraction of sp³-hybridized carbons (Fsp3) is 0.333. The van der Waals surface area contributed by atoms with Gasteiger partial charge in [-0.1, -0.05) is 61.7 Å². The Balaban J connectivity index is 1.76. The molecule has 2 aromatic carbocycles. The normalized spacial score (nSPS) is 17.9. The molecule has 2 amide bonds. The molecule has 2 aliphatic rings. The van der Waals surface area contributed by atoms with Crippen molar-refractivity contribution in [1.82, 2.24) is 5.01 Å². The molecule has 1 fully saturated rings. The number of amides is 2. The predicted molar refractivity (Wildman–Crippen MR) is 116 cm³/mol. The van der Waals surface area contributed by atoms with Crippen molar-refractivity contribution in [3.8, 4) is 0 Å². The van der Waals surface area contributed by atoms with Crippen LogP contribution in [-0.2, 0) is 0 Å². The molecular formula is C24H27N3O. The van der Waals surface area contributed by atoms with Crippen LogP contribution in [-0.4, -0.2) is 23.8 Å². The first-order valence-electron chi connectivity index (χ1n) is 10.1. The van der Waals surface area contributed by atoms with E-state index in [1.54, 1.807) is 7.05 Å². The second-order valence-electron chi connectivity index (χ2n) is 7.77. The first-order valence-corrected chi connectivity index (χ1v) is 10.1. The van der Waals surface area contributed by atoms with Crippen molar-refractivity contribution in [3.05, 3.63) is 64.7 Å². The highest BCUT2D eigenvalue weighted by atomic mass is 16.2. The molecule has 1 heterocycles. The van der Waals surface area contributed by atoms with E-state index in [0.29, 0.717) is 5.92 Å². The molecule has 4 nitrogen and oxygen atoms in total. The van der Waals surface area contributed by atoms with Crippen molar-refractivity contribution < 1.29 is 4.79 Å². The molecule has 1 saturated carbocycles.